The molecular weight excluding hydrogens is 263 g/mol. The largest absolute Gasteiger partial charge is 0.409 e. The van der Waals surface area contributed by atoms with E-state index in [2.05, 4.69) is 5.16 Å². The first-order valence-electron chi connectivity index (χ1n) is 6.16. The Hall–Kier alpha value is -1.47. The smallest absolute Gasteiger partial charge is 0.406 e. The van der Waals surface area contributed by atoms with Gasteiger partial charge in [-0.15, -0.1) is 0 Å². The molecule has 0 aromatic heterocycles. The summed E-state index contributed by atoms with van der Waals surface area (Å²) in [6, 6.07) is -0.363. The van der Waals surface area contributed by atoms with Crippen molar-refractivity contribution in [2.45, 2.75) is 44.3 Å². The Bertz CT molecular complexity index is 400. The zero-order chi connectivity index (χ0) is 14.3. The number of rotatable bonds is 4. The molecule has 0 spiro atoms. The summed E-state index contributed by atoms with van der Waals surface area (Å²) in [6.45, 7) is -1.27. The summed E-state index contributed by atoms with van der Waals surface area (Å²) in [5, 5.41) is 11.6. The van der Waals surface area contributed by atoms with Crippen LogP contribution in [0.25, 0.3) is 0 Å². The van der Waals surface area contributed by atoms with E-state index in [0.717, 1.165) is 4.90 Å². The van der Waals surface area contributed by atoms with Crippen LogP contribution in [0.4, 0.5) is 13.2 Å². The van der Waals surface area contributed by atoms with Gasteiger partial charge < -0.3 is 15.8 Å². The van der Waals surface area contributed by atoms with Gasteiger partial charge in [0.25, 0.3) is 0 Å². The summed E-state index contributed by atoms with van der Waals surface area (Å²) in [5.74, 6) is -0.939. The Labute approximate surface area is 108 Å². The van der Waals surface area contributed by atoms with Crippen molar-refractivity contribution in [2.75, 3.05) is 6.54 Å². The van der Waals surface area contributed by atoms with Gasteiger partial charge in [0, 0.05) is 6.04 Å². The molecule has 0 aromatic carbocycles. The van der Waals surface area contributed by atoms with Crippen LogP contribution in [0, 0.1) is 5.41 Å². The highest BCUT2D eigenvalue weighted by Gasteiger charge is 2.54. The maximum atomic E-state index is 12.5. The van der Waals surface area contributed by atoms with E-state index in [9.17, 15) is 18.0 Å². The van der Waals surface area contributed by atoms with Crippen molar-refractivity contribution in [1.29, 1.82) is 0 Å². The molecule has 2 fully saturated rings. The fourth-order valence-electron chi connectivity index (χ4n) is 2.43. The molecule has 0 unspecified atom stereocenters. The Morgan fingerprint density at radius 2 is 2.00 bits per heavy atom. The lowest BCUT2D eigenvalue weighted by Gasteiger charge is -2.42. The molecule has 108 valence electrons. The first-order valence-corrected chi connectivity index (χ1v) is 6.16. The minimum Gasteiger partial charge on any atom is -0.409 e. The number of hydrogen-bond acceptors (Lipinski definition) is 3. The van der Waals surface area contributed by atoms with Crippen LogP contribution < -0.4 is 5.73 Å². The molecule has 0 aliphatic heterocycles. The van der Waals surface area contributed by atoms with Gasteiger partial charge in [0.2, 0.25) is 5.91 Å². The number of hydrogen-bond donors (Lipinski definition) is 2. The first-order chi connectivity index (χ1) is 8.80. The number of amides is 1. The monoisotopic (exact) mass is 279 g/mol. The zero-order valence-corrected chi connectivity index (χ0v) is 10.3. The second-order valence-corrected chi connectivity index (χ2v) is 5.20. The van der Waals surface area contributed by atoms with Crippen LogP contribution in [0.1, 0.15) is 32.1 Å². The van der Waals surface area contributed by atoms with Crippen molar-refractivity contribution in [1.82, 2.24) is 4.90 Å². The van der Waals surface area contributed by atoms with Crippen LogP contribution in [0.3, 0.4) is 0 Å². The quantitative estimate of drug-likeness (QED) is 0.354. The molecule has 0 bridgehead atoms. The molecule has 2 aliphatic rings. The predicted octanol–water partition coefficient (Wildman–Crippen LogP) is 1.46. The van der Waals surface area contributed by atoms with Crippen molar-refractivity contribution < 1.29 is 23.2 Å². The fourth-order valence-corrected chi connectivity index (χ4v) is 2.43. The molecule has 3 N–H and O–H groups in total. The van der Waals surface area contributed by atoms with E-state index in [1.807, 2.05) is 0 Å². The normalized spacial score (nSPS) is 22.8. The molecule has 0 radical (unpaired) electrons. The molecule has 0 atom stereocenters. The SMILES string of the molecule is NC(=NO)C1(C(=O)N(CC(F)(F)F)C2CC2)CCC1. The number of nitrogens with two attached hydrogens (primary N) is 1. The highest BCUT2D eigenvalue weighted by Crippen LogP contribution is 2.45. The summed E-state index contributed by atoms with van der Waals surface area (Å²) in [4.78, 5) is 13.2. The molecule has 19 heavy (non-hydrogen) atoms. The number of nitrogens with zero attached hydrogens (tertiary/aromatic N) is 2. The maximum absolute atomic E-state index is 12.5. The third-order valence-electron chi connectivity index (χ3n) is 3.81. The highest BCUT2D eigenvalue weighted by atomic mass is 19.4. The molecule has 0 saturated heterocycles. The molecule has 0 heterocycles. The van der Waals surface area contributed by atoms with Crippen LogP contribution in [-0.2, 0) is 4.79 Å². The van der Waals surface area contributed by atoms with Crippen LogP contribution in [0.5, 0.6) is 0 Å². The van der Waals surface area contributed by atoms with Gasteiger partial charge in [-0.25, -0.2) is 0 Å². The lowest BCUT2D eigenvalue weighted by molar-refractivity contribution is -0.169. The Balaban J connectivity index is 2.19. The molecule has 8 heteroatoms. The van der Waals surface area contributed by atoms with Gasteiger partial charge >= 0.3 is 6.18 Å². The number of oxime groups is 1. The number of halogens is 3. The highest BCUT2D eigenvalue weighted by molar-refractivity contribution is 6.07. The van der Waals surface area contributed by atoms with Crippen LogP contribution in [0.2, 0.25) is 0 Å². The topological polar surface area (TPSA) is 78.9 Å². The van der Waals surface area contributed by atoms with Gasteiger partial charge in [-0.1, -0.05) is 11.6 Å². The third kappa shape index (κ3) is 2.62. The second kappa shape index (κ2) is 4.57. The van der Waals surface area contributed by atoms with Crippen molar-refractivity contribution in [3.8, 4) is 0 Å². The van der Waals surface area contributed by atoms with Crippen LogP contribution in [-0.4, -0.2) is 40.6 Å². The number of carbonyl (C=O) groups excluding carboxylic acids is 1. The molecular formula is C11H16F3N3O2. The Morgan fingerprint density at radius 1 is 1.42 bits per heavy atom. The van der Waals surface area contributed by atoms with E-state index in [1.54, 1.807) is 0 Å². The van der Waals surface area contributed by atoms with Gasteiger partial charge in [0.15, 0.2) is 5.84 Å². The lowest BCUT2D eigenvalue weighted by atomic mass is 9.66. The Kier molecular flexibility index (Phi) is 3.36. The van der Waals surface area contributed by atoms with Crippen molar-refractivity contribution in [3.63, 3.8) is 0 Å². The summed E-state index contributed by atoms with van der Waals surface area (Å²) in [6.07, 6.45) is -1.92. The number of carbonyl (C=O) groups is 1. The van der Waals surface area contributed by atoms with Crippen LogP contribution >= 0.6 is 0 Å². The third-order valence-corrected chi connectivity index (χ3v) is 3.81. The summed E-state index contributed by atoms with van der Waals surface area (Å²) in [5.41, 5.74) is 4.27. The minimum absolute atomic E-state index is 0.281. The minimum atomic E-state index is -4.44. The van der Waals surface area contributed by atoms with Gasteiger partial charge in [-0.2, -0.15) is 13.2 Å². The van der Waals surface area contributed by atoms with E-state index < -0.39 is 24.0 Å². The number of amidine groups is 1. The summed E-state index contributed by atoms with van der Waals surface area (Å²) in [7, 11) is 0. The van der Waals surface area contributed by atoms with Gasteiger partial charge in [-0.05, 0) is 25.7 Å². The lowest BCUT2D eigenvalue weighted by Crippen LogP contribution is -2.57. The summed E-state index contributed by atoms with van der Waals surface area (Å²) < 4.78 is 37.6. The maximum Gasteiger partial charge on any atom is 0.406 e. The van der Waals surface area contributed by atoms with Gasteiger partial charge in [-0.3, -0.25) is 4.79 Å². The average molecular weight is 279 g/mol. The zero-order valence-electron chi connectivity index (χ0n) is 10.3. The molecule has 2 aliphatic carbocycles. The second-order valence-electron chi connectivity index (χ2n) is 5.20. The van der Waals surface area contributed by atoms with E-state index >= 15 is 0 Å². The van der Waals surface area contributed by atoms with Crippen molar-refractivity contribution >= 4 is 11.7 Å². The summed E-state index contributed by atoms with van der Waals surface area (Å²) >= 11 is 0. The molecule has 1 amide bonds. The van der Waals surface area contributed by atoms with Crippen LogP contribution in [0.15, 0.2) is 5.16 Å². The van der Waals surface area contributed by atoms with Gasteiger partial charge in [0.1, 0.15) is 12.0 Å². The number of alkyl halides is 3. The standard InChI is InChI=1S/C11H16F3N3O2/c12-11(13,14)6-17(7-2-3-7)9(18)10(4-1-5-10)8(15)16-19/h7,19H,1-6H2,(H2,15,16). The first kappa shape index (κ1) is 14.0. The molecule has 2 rings (SSSR count). The van der Waals surface area contributed by atoms with Crippen molar-refractivity contribution in [2.24, 2.45) is 16.3 Å². The molecule has 2 saturated carbocycles. The van der Waals surface area contributed by atoms with E-state index in [-0.39, 0.29) is 11.9 Å². The van der Waals surface area contributed by atoms with E-state index in [4.69, 9.17) is 10.9 Å². The average Bonchev–Trinajstić information content (AvgIpc) is 3.06. The predicted molar refractivity (Wildman–Crippen MR) is 60.5 cm³/mol. The fraction of sp³-hybridized carbons (Fsp3) is 0.818. The Morgan fingerprint density at radius 3 is 2.32 bits per heavy atom. The van der Waals surface area contributed by atoms with E-state index in [0.29, 0.717) is 32.1 Å². The molecule has 5 nitrogen and oxygen atoms in total. The van der Waals surface area contributed by atoms with E-state index in [1.165, 1.54) is 0 Å². The van der Waals surface area contributed by atoms with Gasteiger partial charge in [0.05, 0.1) is 0 Å². The van der Waals surface area contributed by atoms with Crippen molar-refractivity contribution in [3.05, 3.63) is 0 Å². The molecule has 0 aromatic rings.